The molecule has 16 heavy (non-hydrogen) atoms. The third kappa shape index (κ3) is 1.73. The van der Waals surface area contributed by atoms with E-state index in [4.69, 9.17) is 5.73 Å². The number of rotatable bonds is 2. The Morgan fingerprint density at radius 2 is 2.25 bits per heavy atom. The second-order valence-corrected chi connectivity index (χ2v) is 5.55. The predicted octanol–water partition coefficient (Wildman–Crippen LogP) is -0.497. The van der Waals surface area contributed by atoms with Crippen LogP contribution in [0.1, 0.15) is 16.1 Å². The number of fused-ring (bicyclic) bond motifs is 1. The first-order chi connectivity index (χ1) is 7.39. The van der Waals surface area contributed by atoms with Gasteiger partial charge in [0.1, 0.15) is 0 Å². The summed E-state index contributed by atoms with van der Waals surface area (Å²) in [5.74, 6) is -0.615. The molecule has 1 aliphatic heterocycles. The van der Waals surface area contributed by atoms with Gasteiger partial charge in [0.05, 0.1) is 23.2 Å². The van der Waals surface area contributed by atoms with E-state index in [0.717, 1.165) is 6.26 Å². The number of hydrogen-bond donors (Lipinski definition) is 1. The maximum Gasteiger partial charge on any atom is 0.250 e. The monoisotopic (exact) mass is 241 g/mol. The van der Waals surface area contributed by atoms with Crippen molar-refractivity contribution in [3.63, 3.8) is 0 Å². The van der Waals surface area contributed by atoms with Gasteiger partial charge in [-0.25, -0.2) is 8.42 Å². The van der Waals surface area contributed by atoms with Crippen LogP contribution >= 0.6 is 0 Å². The van der Waals surface area contributed by atoms with Gasteiger partial charge in [-0.15, -0.1) is 0 Å². The fourth-order valence-corrected chi connectivity index (χ4v) is 2.64. The van der Waals surface area contributed by atoms with Gasteiger partial charge in [0.25, 0.3) is 0 Å². The molecule has 1 aromatic rings. The van der Waals surface area contributed by atoms with E-state index in [9.17, 15) is 13.2 Å². The van der Waals surface area contributed by atoms with Crippen molar-refractivity contribution in [3.8, 4) is 0 Å². The molecule has 2 heterocycles. The van der Waals surface area contributed by atoms with Crippen LogP contribution in [-0.4, -0.2) is 32.1 Å². The van der Waals surface area contributed by atoms with Crippen molar-refractivity contribution >= 4 is 21.6 Å². The Bertz CT molecular complexity index is 553. The number of amides is 1. The number of aromatic nitrogens is 1. The fourth-order valence-electron chi connectivity index (χ4n) is 1.70. The Kier molecular flexibility index (Phi) is 2.34. The van der Waals surface area contributed by atoms with Crippen LogP contribution in [0.5, 0.6) is 0 Å². The van der Waals surface area contributed by atoms with Gasteiger partial charge in [-0.05, 0) is 6.07 Å². The molecule has 2 rings (SSSR count). The zero-order chi connectivity index (χ0) is 11.9. The molecule has 86 valence electrons. The Labute approximate surface area is 93.1 Å². The normalized spacial score (nSPS) is 14.9. The first-order valence-corrected chi connectivity index (χ1v) is 6.51. The van der Waals surface area contributed by atoms with Crippen LogP contribution < -0.4 is 10.0 Å². The van der Waals surface area contributed by atoms with Gasteiger partial charge in [-0.1, -0.05) is 0 Å². The van der Waals surface area contributed by atoms with Crippen molar-refractivity contribution in [3.05, 3.63) is 23.5 Å². The molecular weight excluding hydrogens is 230 g/mol. The Morgan fingerprint density at radius 3 is 2.81 bits per heavy atom. The number of anilines is 1. The van der Waals surface area contributed by atoms with Crippen LogP contribution in [0.15, 0.2) is 12.3 Å². The van der Waals surface area contributed by atoms with Crippen LogP contribution in [0, 0.1) is 0 Å². The van der Waals surface area contributed by atoms with Crippen molar-refractivity contribution < 1.29 is 13.2 Å². The van der Waals surface area contributed by atoms with Gasteiger partial charge in [0, 0.05) is 19.2 Å². The number of sulfonamides is 1. The average molecular weight is 241 g/mol. The van der Waals surface area contributed by atoms with E-state index in [-0.39, 0.29) is 5.56 Å². The molecule has 1 amide bonds. The topological polar surface area (TPSA) is 93.4 Å². The van der Waals surface area contributed by atoms with Crippen molar-refractivity contribution in [1.82, 2.24) is 4.98 Å². The lowest BCUT2D eigenvalue weighted by Gasteiger charge is -2.16. The van der Waals surface area contributed by atoms with Gasteiger partial charge in [0.2, 0.25) is 15.9 Å². The molecule has 0 bridgehead atoms. The van der Waals surface area contributed by atoms with E-state index < -0.39 is 15.9 Å². The molecule has 0 radical (unpaired) electrons. The van der Waals surface area contributed by atoms with Crippen molar-refractivity contribution in [1.29, 1.82) is 0 Å². The molecular formula is C9H11N3O3S. The highest BCUT2D eigenvalue weighted by molar-refractivity contribution is 7.92. The highest BCUT2D eigenvalue weighted by Crippen LogP contribution is 2.28. The second-order valence-electron chi connectivity index (χ2n) is 3.64. The van der Waals surface area contributed by atoms with Gasteiger partial charge in [-0.3, -0.25) is 14.1 Å². The summed E-state index contributed by atoms with van der Waals surface area (Å²) in [5, 5.41) is 0. The lowest BCUT2D eigenvalue weighted by molar-refractivity contribution is 0.1000. The van der Waals surface area contributed by atoms with Crippen LogP contribution in [0.3, 0.4) is 0 Å². The van der Waals surface area contributed by atoms with E-state index in [1.54, 1.807) is 0 Å². The molecule has 0 saturated heterocycles. The molecule has 0 atom stereocenters. The predicted molar refractivity (Wildman–Crippen MR) is 58.6 cm³/mol. The van der Waals surface area contributed by atoms with Crippen molar-refractivity contribution in [2.24, 2.45) is 5.73 Å². The number of carbonyl (C=O) groups excluding carboxylic acids is 1. The minimum atomic E-state index is -3.32. The van der Waals surface area contributed by atoms with E-state index in [0.29, 0.717) is 24.3 Å². The van der Waals surface area contributed by atoms with Crippen molar-refractivity contribution in [2.45, 2.75) is 6.42 Å². The smallest absolute Gasteiger partial charge is 0.250 e. The molecule has 0 saturated carbocycles. The highest BCUT2D eigenvalue weighted by Gasteiger charge is 2.27. The van der Waals surface area contributed by atoms with Gasteiger partial charge in [0.15, 0.2) is 0 Å². The Hall–Kier alpha value is -1.63. The number of carbonyl (C=O) groups is 1. The average Bonchev–Trinajstić information content (AvgIpc) is 2.58. The molecule has 2 N–H and O–H groups in total. The molecule has 0 fully saturated rings. The highest BCUT2D eigenvalue weighted by atomic mass is 32.2. The van der Waals surface area contributed by atoms with Crippen LogP contribution in [0.25, 0.3) is 0 Å². The summed E-state index contributed by atoms with van der Waals surface area (Å²) in [5.41, 5.74) is 6.47. The van der Waals surface area contributed by atoms with Crippen molar-refractivity contribution in [2.75, 3.05) is 17.1 Å². The third-order valence-corrected chi connectivity index (χ3v) is 3.63. The number of pyridine rings is 1. The number of nitrogens with zero attached hydrogens (tertiary/aromatic N) is 2. The van der Waals surface area contributed by atoms with E-state index >= 15 is 0 Å². The first kappa shape index (κ1) is 10.9. The molecule has 1 aliphatic rings. The lowest BCUT2D eigenvalue weighted by atomic mass is 10.2. The number of primary amides is 1. The van der Waals surface area contributed by atoms with Gasteiger partial charge < -0.3 is 5.73 Å². The largest absolute Gasteiger partial charge is 0.366 e. The summed E-state index contributed by atoms with van der Waals surface area (Å²) in [6, 6.07) is 1.47. The fraction of sp³-hybridized carbons (Fsp3) is 0.333. The lowest BCUT2D eigenvalue weighted by Crippen LogP contribution is -2.27. The number of nitrogens with two attached hydrogens (primary N) is 1. The molecule has 0 aliphatic carbocycles. The quantitative estimate of drug-likeness (QED) is 0.755. The second kappa shape index (κ2) is 3.44. The standard InChI is InChI=1S/C9H11N3O3S/c1-16(14,15)12-3-2-7-8(12)4-6(5-11-7)9(10)13/h4-5H,2-3H2,1H3,(H2,10,13). The first-order valence-electron chi connectivity index (χ1n) is 4.66. The Morgan fingerprint density at radius 1 is 1.56 bits per heavy atom. The van der Waals surface area contributed by atoms with E-state index in [1.807, 2.05) is 0 Å². The molecule has 1 aromatic heterocycles. The Balaban J connectivity index is 2.53. The summed E-state index contributed by atoms with van der Waals surface area (Å²) < 4.78 is 24.2. The molecule has 7 heteroatoms. The van der Waals surface area contributed by atoms with E-state index in [2.05, 4.69) is 4.98 Å². The third-order valence-electron chi connectivity index (χ3n) is 2.45. The SMILES string of the molecule is CS(=O)(=O)N1CCc2ncc(C(N)=O)cc21. The summed E-state index contributed by atoms with van der Waals surface area (Å²) in [7, 11) is -3.32. The molecule has 0 aromatic carbocycles. The van der Waals surface area contributed by atoms with Crippen LogP contribution in [0.4, 0.5) is 5.69 Å². The minimum Gasteiger partial charge on any atom is -0.366 e. The van der Waals surface area contributed by atoms with Crippen LogP contribution in [-0.2, 0) is 16.4 Å². The van der Waals surface area contributed by atoms with E-state index in [1.165, 1.54) is 16.6 Å². The summed E-state index contributed by atoms with van der Waals surface area (Å²) in [6.07, 6.45) is 3.05. The minimum absolute atomic E-state index is 0.217. The maximum absolute atomic E-state index is 11.5. The van der Waals surface area contributed by atoms with Gasteiger partial charge in [-0.2, -0.15) is 0 Å². The number of hydrogen-bond acceptors (Lipinski definition) is 4. The van der Waals surface area contributed by atoms with Gasteiger partial charge >= 0.3 is 0 Å². The van der Waals surface area contributed by atoms with Crippen LogP contribution in [0.2, 0.25) is 0 Å². The zero-order valence-corrected chi connectivity index (χ0v) is 9.49. The molecule has 0 unspecified atom stereocenters. The maximum atomic E-state index is 11.5. The summed E-state index contributed by atoms with van der Waals surface area (Å²) in [4.78, 5) is 15.0. The molecule has 0 spiro atoms. The molecule has 6 nitrogen and oxygen atoms in total. The zero-order valence-electron chi connectivity index (χ0n) is 8.67. The summed E-state index contributed by atoms with van der Waals surface area (Å²) >= 11 is 0. The summed E-state index contributed by atoms with van der Waals surface area (Å²) in [6.45, 7) is 0.364.